The molecule has 3 heteroatoms. The van der Waals surface area contributed by atoms with E-state index < -0.39 is 0 Å². The first kappa shape index (κ1) is 14.1. The van der Waals surface area contributed by atoms with Crippen LogP contribution in [0.3, 0.4) is 0 Å². The van der Waals surface area contributed by atoms with Crippen LogP contribution >= 0.6 is 0 Å². The van der Waals surface area contributed by atoms with Crippen molar-refractivity contribution in [2.45, 2.75) is 27.7 Å². The molecule has 0 aromatic heterocycles. The monoisotopic (exact) mass is 268 g/mol. The first-order valence-electron chi connectivity index (χ1n) is 6.63. The number of anilines is 2. The third-order valence-electron chi connectivity index (χ3n) is 3.35. The van der Waals surface area contributed by atoms with Gasteiger partial charge in [0.2, 0.25) is 0 Å². The number of benzene rings is 2. The molecule has 0 atom stereocenters. The number of rotatable bonds is 2. The van der Waals surface area contributed by atoms with E-state index in [1.807, 2.05) is 58.0 Å². The van der Waals surface area contributed by atoms with E-state index in [1.54, 1.807) is 0 Å². The standard InChI is InChI=1S/C17H20N2O/c1-10-5-11(2)7-14(6-10)17(20)19-16-9-15(18)12(3)8-13(16)4/h5-9H,18H2,1-4H3,(H,19,20). The fourth-order valence-electron chi connectivity index (χ4n) is 2.30. The number of carbonyl (C=O) groups excluding carboxylic acids is 1. The summed E-state index contributed by atoms with van der Waals surface area (Å²) in [6.45, 7) is 7.89. The summed E-state index contributed by atoms with van der Waals surface area (Å²) in [5, 5.41) is 2.93. The second-order valence-electron chi connectivity index (χ2n) is 5.35. The molecule has 0 saturated carbocycles. The molecule has 1 amide bonds. The van der Waals surface area contributed by atoms with E-state index in [4.69, 9.17) is 5.73 Å². The Bertz CT molecular complexity index is 655. The predicted octanol–water partition coefficient (Wildman–Crippen LogP) is 3.75. The minimum Gasteiger partial charge on any atom is -0.398 e. The summed E-state index contributed by atoms with van der Waals surface area (Å²) in [6.07, 6.45) is 0. The Labute approximate surface area is 119 Å². The third kappa shape index (κ3) is 2.99. The topological polar surface area (TPSA) is 55.1 Å². The lowest BCUT2D eigenvalue weighted by Gasteiger charge is -2.12. The van der Waals surface area contributed by atoms with Crippen LogP contribution in [-0.2, 0) is 0 Å². The van der Waals surface area contributed by atoms with Gasteiger partial charge in [0, 0.05) is 16.9 Å². The van der Waals surface area contributed by atoms with Gasteiger partial charge in [0.05, 0.1) is 0 Å². The van der Waals surface area contributed by atoms with Gasteiger partial charge >= 0.3 is 0 Å². The predicted molar refractivity (Wildman–Crippen MR) is 84.2 cm³/mol. The molecule has 0 aliphatic carbocycles. The Morgan fingerprint density at radius 3 is 2.10 bits per heavy atom. The molecule has 3 N–H and O–H groups in total. The first-order valence-corrected chi connectivity index (χ1v) is 6.63. The molecule has 3 nitrogen and oxygen atoms in total. The van der Waals surface area contributed by atoms with Gasteiger partial charge in [0.15, 0.2) is 0 Å². The number of carbonyl (C=O) groups is 1. The minimum absolute atomic E-state index is 0.108. The van der Waals surface area contributed by atoms with Crippen LogP contribution in [0.5, 0.6) is 0 Å². The zero-order valence-electron chi connectivity index (χ0n) is 12.4. The van der Waals surface area contributed by atoms with Crippen LogP contribution in [0.15, 0.2) is 30.3 Å². The highest BCUT2D eigenvalue weighted by atomic mass is 16.1. The number of nitrogen functional groups attached to an aromatic ring is 1. The molecule has 0 fully saturated rings. The smallest absolute Gasteiger partial charge is 0.255 e. The lowest BCUT2D eigenvalue weighted by Crippen LogP contribution is -2.13. The zero-order chi connectivity index (χ0) is 14.9. The van der Waals surface area contributed by atoms with Gasteiger partial charge in [-0.1, -0.05) is 23.3 Å². The van der Waals surface area contributed by atoms with Crippen molar-refractivity contribution in [3.05, 3.63) is 58.1 Å². The number of aryl methyl sites for hydroxylation is 4. The normalized spacial score (nSPS) is 10.4. The molecule has 0 aliphatic heterocycles. The molecule has 0 saturated heterocycles. The van der Waals surface area contributed by atoms with Crippen molar-refractivity contribution < 1.29 is 4.79 Å². The van der Waals surface area contributed by atoms with Crippen molar-refractivity contribution in [2.75, 3.05) is 11.1 Å². The van der Waals surface area contributed by atoms with Gasteiger partial charge in [0.1, 0.15) is 0 Å². The molecule has 2 aromatic carbocycles. The largest absolute Gasteiger partial charge is 0.398 e. The summed E-state index contributed by atoms with van der Waals surface area (Å²) in [5.74, 6) is -0.108. The molecule has 0 heterocycles. The zero-order valence-corrected chi connectivity index (χ0v) is 12.4. The summed E-state index contributed by atoms with van der Waals surface area (Å²) in [5.41, 5.74) is 12.2. The fraction of sp³-hybridized carbons (Fsp3) is 0.235. The molecule has 0 unspecified atom stereocenters. The highest BCUT2D eigenvalue weighted by Gasteiger charge is 2.10. The van der Waals surface area contributed by atoms with E-state index in [2.05, 4.69) is 5.32 Å². The van der Waals surface area contributed by atoms with Crippen LogP contribution in [0.1, 0.15) is 32.6 Å². The van der Waals surface area contributed by atoms with Gasteiger partial charge in [-0.2, -0.15) is 0 Å². The summed E-state index contributed by atoms with van der Waals surface area (Å²) in [6, 6.07) is 9.61. The first-order chi connectivity index (χ1) is 9.36. The molecule has 2 aromatic rings. The van der Waals surface area contributed by atoms with Crippen LogP contribution in [0, 0.1) is 27.7 Å². The van der Waals surface area contributed by atoms with Crippen molar-refractivity contribution in [2.24, 2.45) is 0 Å². The second kappa shape index (κ2) is 5.37. The number of nitrogens with one attached hydrogen (secondary N) is 1. The van der Waals surface area contributed by atoms with Gasteiger partial charge in [0.25, 0.3) is 5.91 Å². The maximum absolute atomic E-state index is 12.3. The van der Waals surface area contributed by atoms with Gasteiger partial charge in [-0.05, 0) is 57.0 Å². The number of nitrogens with two attached hydrogens (primary N) is 1. The molecule has 0 spiro atoms. The highest BCUT2D eigenvalue weighted by molar-refractivity contribution is 6.05. The third-order valence-corrected chi connectivity index (χ3v) is 3.35. The Kier molecular flexibility index (Phi) is 3.79. The van der Waals surface area contributed by atoms with Crippen LogP contribution < -0.4 is 11.1 Å². The molecule has 20 heavy (non-hydrogen) atoms. The van der Waals surface area contributed by atoms with Crippen molar-refractivity contribution in [3.8, 4) is 0 Å². The van der Waals surface area contributed by atoms with Gasteiger partial charge in [-0.25, -0.2) is 0 Å². The van der Waals surface area contributed by atoms with Crippen LogP contribution in [0.2, 0.25) is 0 Å². The van der Waals surface area contributed by atoms with Crippen molar-refractivity contribution >= 4 is 17.3 Å². The quantitative estimate of drug-likeness (QED) is 0.815. The van der Waals surface area contributed by atoms with E-state index in [1.165, 1.54) is 0 Å². The maximum Gasteiger partial charge on any atom is 0.255 e. The maximum atomic E-state index is 12.3. The second-order valence-corrected chi connectivity index (χ2v) is 5.35. The Hall–Kier alpha value is -2.29. The molecule has 0 bridgehead atoms. The SMILES string of the molecule is Cc1cc(C)cc(C(=O)Nc2cc(N)c(C)cc2C)c1. The van der Waals surface area contributed by atoms with E-state index in [0.717, 1.165) is 27.9 Å². The Balaban J connectivity index is 2.30. The van der Waals surface area contributed by atoms with Crippen LogP contribution in [0.4, 0.5) is 11.4 Å². The van der Waals surface area contributed by atoms with Crippen molar-refractivity contribution in [3.63, 3.8) is 0 Å². The van der Waals surface area contributed by atoms with E-state index >= 15 is 0 Å². The lowest BCUT2D eigenvalue weighted by atomic mass is 10.1. The van der Waals surface area contributed by atoms with Gasteiger partial charge in [-0.15, -0.1) is 0 Å². The summed E-state index contributed by atoms with van der Waals surface area (Å²) in [4.78, 5) is 12.3. The molecular formula is C17H20N2O. The average Bonchev–Trinajstić information content (AvgIpc) is 2.34. The van der Waals surface area contributed by atoms with Gasteiger partial charge < -0.3 is 11.1 Å². The summed E-state index contributed by atoms with van der Waals surface area (Å²) in [7, 11) is 0. The van der Waals surface area contributed by atoms with E-state index in [0.29, 0.717) is 11.3 Å². The summed E-state index contributed by atoms with van der Waals surface area (Å²) >= 11 is 0. The average molecular weight is 268 g/mol. The Morgan fingerprint density at radius 2 is 1.50 bits per heavy atom. The van der Waals surface area contributed by atoms with E-state index in [9.17, 15) is 4.79 Å². The Morgan fingerprint density at radius 1 is 0.900 bits per heavy atom. The molecule has 0 aliphatic rings. The summed E-state index contributed by atoms with van der Waals surface area (Å²) < 4.78 is 0. The molecule has 104 valence electrons. The number of hydrogen-bond acceptors (Lipinski definition) is 2. The number of hydrogen-bond donors (Lipinski definition) is 2. The van der Waals surface area contributed by atoms with Crippen molar-refractivity contribution in [1.82, 2.24) is 0 Å². The molecule has 2 rings (SSSR count). The minimum atomic E-state index is -0.108. The van der Waals surface area contributed by atoms with Crippen LogP contribution in [-0.4, -0.2) is 5.91 Å². The van der Waals surface area contributed by atoms with Crippen molar-refractivity contribution in [1.29, 1.82) is 0 Å². The fourth-order valence-corrected chi connectivity index (χ4v) is 2.30. The lowest BCUT2D eigenvalue weighted by molar-refractivity contribution is 0.102. The highest BCUT2D eigenvalue weighted by Crippen LogP contribution is 2.23. The van der Waals surface area contributed by atoms with Crippen LogP contribution in [0.25, 0.3) is 0 Å². The molecular weight excluding hydrogens is 248 g/mol. The van der Waals surface area contributed by atoms with E-state index in [-0.39, 0.29) is 5.91 Å². The number of amides is 1. The molecule has 0 radical (unpaired) electrons. The van der Waals surface area contributed by atoms with Gasteiger partial charge in [-0.3, -0.25) is 4.79 Å².